The first-order valence-corrected chi connectivity index (χ1v) is 7.00. The molecule has 1 aliphatic heterocycles. The average molecular weight is 260 g/mol. The Hall–Kier alpha value is -1.78. The number of nitrogens with two attached hydrogens (primary N) is 1. The lowest BCUT2D eigenvalue weighted by atomic mass is 9.85. The third-order valence-electron chi connectivity index (χ3n) is 4.45. The number of pyridine rings is 1. The van der Waals surface area contributed by atoms with Gasteiger partial charge in [0.15, 0.2) is 5.84 Å². The third-order valence-corrected chi connectivity index (χ3v) is 4.45. The van der Waals surface area contributed by atoms with Gasteiger partial charge < -0.3 is 15.8 Å². The molecule has 3 rings (SSSR count). The first-order valence-electron chi connectivity index (χ1n) is 7.00. The van der Waals surface area contributed by atoms with Crippen LogP contribution in [0.1, 0.15) is 37.7 Å². The number of anilines is 1. The van der Waals surface area contributed by atoms with Crippen LogP contribution in [0.3, 0.4) is 0 Å². The normalized spacial score (nSPS) is 27.4. The molecule has 1 aromatic rings. The molecule has 1 saturated heterocycles. The Morgan fingerprint density at radius 1 is 1.37 bits per heavy atom. The van der Waals surface area contributed by atoms with Crippen LogP contribution < -0.4 is 10.6 Å². The van der Waals surface area contributed by atoms with E-state index < -0.39 is 0 Å². The SMILES string of the molecule is N/C(=N/O)c1ccnc(N2CCC3CCCCC32)c1. The van der Waals surface area contributed by atoms with Crippen LogP contribution in [0.2, 0.25) is 0 Å². The van der Waals surface area contributed by atoms with Crippen LogP contribution in [0.4, 0.5) is 5.82 Å². The van der Waals surface area contributed by atoms with Crippen molar-refractivity contribution in [3.8, 4) is 0 Å². The molecule has 0 amide bonds. The molecule has 2 aliphatic rings. The number of aromatic nitrogens is 1. The van der Waals surface area contributed by atoms with Gasteiger partial charge in [0.1, 0.15) is 5.82 Å². The van der Waals surface area contributed by atoms with E-state index in [9.17, 15) is 0 Å². The number of hydrogen-bond acceptors (Lipinski definition) is 4. The highest BCUT2D eigenvalue weighted by molar-refractivity contribution is 5.97. The molecule has 1 aliphatic carbocycles. The average Bonchev–Trinajstić information content (AvgIpc) is 2.90. The van der Waals surface area contributed by atoms with Crippen molar-refractivity contribution in [3.63, 3.8) is 0 Å². The van der Waals surface area contributed by atoms with E-state index in [-0.39, 0.29) is 5.84 Å². The highest BCUT2D eigenvalue weighted by atomic mass is 16.4. The number of fused-ring (bicyclic) bond motifs is 1. The molecular formula is C14H20N4O. The molecule has 102 valence electrons. The van der Waals surface area contributed by atoms with E-state index in [1.165, 1.54) is 32.1 Å². The molecule has 1 aromatic heterocycles. The molecule has 2 unspecified atom stereocenters. The molecule has 5 nitrogen and oxygen atoms in total. The second-order valence-corrected chi connectivity index (χ2v) is 5.48. The summed E-state index contributed by atoms with van der Waals surface area (Å²) >= 11 is 0. The van der Waals surface area contributed by atoms with E-state index in [4.69, 9.17) is 10.9 Å². The molecule has 0 bridgehead atoms. The first-order chi connectivity index (χ1) is 9.29. The topological polar surface area (TPSA) is 74.7 Å². The quantitative estimate of drug-likeness (QED) is 0.369. The summed E-state index contributed by atoms with van der Waals surface area (Å²) in [6.45, 7) is 1.07. The van der Waals surface area contributed by atoms with Crippen LogP contribution in [0, 0.1) is 5.92 Å². The van der Waals surface area contributed by atoms with Crippen molar-refractivity contribution in [3.05, 3.63) is 23.9 Å². The predicted octanol–water partition coefficient (Wildman–Crippen LogP) is 1.94. The van der Waals surface area contributed by atoms with Crippen molar-refractivity contribution >= 4 is 11.7 Å². The van der Waals surface area contributed by atoms with Crippen molar-refractivity contribution in [2.24, 2.45) is 16.8 Å². The summed E-state index contributed by atoms with van der Waals surface area (Å²) in [7, 11) is 0. The summed E-state index contributed by atoms with van der Waals surface area (Å²) in [6.07, 6.45) is 8.30. The minimum atomic E-state index is 0.142. The smallest absolute Gasteiger partial charge is 0.170 e. The number of amidine groups is 1. The number of nitrogens with zero attached hydrogens (tertiary/aromatic N) is 3. The first kappa shape index (κ1) is 12.3. The highest BCUT2D eigenvalue weighted by Crippen LogP contribution is 2.38. The van der Waals surface area contributed by atoms with Gasteiger partial charge in [-0.05, 0) is 37.3 Å². The molecular weight excluding hydrogens is 240 g/mol. The van der Waals surface area contributed by atoms with Crippen LogP contribution in [-0.2, 0) is 0 Å². The summed E-state index contributed by atoms with van der Waals surface area (Å²) < 4.78 is 0. The van der Waals surface area contributed by atoms with Gasteiger partial charge in [-0.2, -0.15) is 0 Å². The molecule has 5 heteroatoms. The molecule has 19 heavy (non-hydrogen) atoms. The lowest BCUT2D eigenvalue weighted by Gasteiger charge is -2.32. The van der Waals surface area contributed by atoms with Gasteiger partial charge in [0.2, 0.25) is 0 Å². The maximum absolute atomic E-state index is 8.76. The van der Waals surface area contributed by atoms with Crippen molar-refractivity contribution in [2.75, 3.05) is 11.4 Å². The molecule has 0 spiro atoms. The van der Waals surface area contributed by atoms with E-state index in [0.717, 1.165) is 23.8 Å². The summed E-state index contributed by atoms with van der Waals surface area (Å²) in [6, 6.07) is 4.32. The lowest BCUT2D eigenvalue weighted by Crippen LogP contribution is -2.35. The molecule has 2 fully saturated rings. The maximum Gasteiger partial charge on any atom is 0.170 e. The van der Waals surface area contributed by atoms with E-state index in [0.29, 0.717) is 6.04 Å². The van der Waals surface area contributed by atoms with E-state index in [1.54, 1.807) is 12.3 Å². The van der Waals surface area contributed by atoms with Gasteiger partial charge >= 0.3 is 0 Å². The lowest BCUT2D eigenvalue weighted by molar-refractivity contribution is 0.318. The monoisotopic (exact) mass is 260 g/mol. The highest BCUT2D eigenvalue weighted by Gasteiger charge is 2.36. The summed E-state index contributed by atoms with van der Waals surface area (Å²) in [4.78, 5) is 6.86. The van der Waals surface area contributed by atoms with E-state index >= 15 is 0 Å². The van der Waals surface area contributed by atoms with Gasteiger partial charge in [0, 0.05) is 24.3 Å². The fraction of sp³-hybridized carbons (Fsp3) is 0.571. The third kappa shape index (κ3) is 2.25. The van der Waals surface area contributed by atoms with Gasteiger partial charge in [0.05, 0.1) is 0 Å². The van der Waals surface area contributed by atoms with Crippen molar-refractivity contribution in [2.45, 2.75) is 38.1 Å². The van der Waals surface area contributed by atoms with Crippen LogP contribution in [0.15, 0.2) is 23.5 Å². The van der Waals surface area contributed by atoms with Crippen LogP contribution >= 0.6 is 0 Å². The van der Waals surface area contributed by atoms with Crippen LogP contribution in [0.25, 0.3) is 0 Å². The van der Waals surface area contributed by atoms with Gasteiger partial charge in [-0.15, -0.1) is 0 Å². The van der Waals surface area contributed by atoms with Gasteiger partial charge in [-0.25, -0.2) is 4.98 Å². The Balaban J connectivity index is 1.86. The second kappa shape index (κ2) is 5.07. The fourth-order valence-corrected chi connectivity index (χ4v) is 3.48. The molecule has 3 N–H and O–H groups in total. The van der Waals surface area contributed by atoms with Gasteiger partial charge in [-0.3, -0.25) is 0 Å². The zero-order valence-electron chi connectivity index (χ0n) is 11.0. The Bertz CT molecular complexity index is 488. The zero-order chi connectivity index (χ0) is 13.2. The van der Waals surface area contributed by atoms with Gasteiger partial charge in [-0.1, -0.05) is 18.0 Å². The number of hydrogen-bond donors (Lipinski definition) is 2. The Morgan fingerprint density at radius 2 is 2.21 bits per heavy atom. The zero-order valence-corrected chi connectivity index (χ0v) is 11.0. The molecule has 2 atom stereocenters. The summed E-state index contributed by atoms with van der Waals surface area (Å²) in [5.74, 6) is 1.92. The Labute approximate surface area is 113 Å². The molecule has 0 radical (unpaired) electrons. The molecule has 1 saturated carbocycles. The fourth-order valence-electron chi connectivity index (χ4n) is 3.48. The van der Waals surface area contributed by atoms with Crippen molar-refractivity contribution < 1.29 is 5.21 Å². The van der Waals surface area contributed by atoms with Crippen LogP contribution in [-0.4, -0.2) is 28.6 Å². The van der Waals surface area contributed by atoms with Gasteiger partial charge in [0.25, 0.3) is 0 Å². The second-order valence-electron chi connectivity index (χ2n) is 5.48. The number of oxime groups is 1. The number of rotatable bonds is 2. The van der Waals surface area contributed by atoms with E-state index in [1.807, 2.05) is 6.07 Å². The molecule has 2 heterocycles. The largest absolute Gasteiger partial charge is 0.409 e. The standard InChI is InChI=1S/C14H20N4O/c15-14(17-19)11-5-7-16-13(9-11)18-8-6-10-3-1-2-4-12(10)18/h5,7,9-10,12,19H,1-4,6,8H2,(H2,15,17). The predicted molar refractivity (Wildman–Crippen MR) is 74.5 cm³/mol. The maximum atomic E-state index is 8.76. The minimum absolute atomic E-state index is 0.142. The summed E-state index contributed by atoms with van der Waals surface area (Å²) in [5.41, 5.74) is 6.38. The molecule has 0 aromatic carbocycles. The van der Waals surface area contributed by atoms with Crippen LogP contribution in [0.5, 0.6) is 0 Å². The van der Waals surface area contributed by atoms with E-state index in [2.05, 4.69) is 15.0 Å². The Kier molecular flexibility index (Phi) is 3.27. The Morgan fingerprint density at radius 3 is 3.05 bits per heavy atom. The van der Waals surface area contributed by atoms with Crippen molar-refractivity contribution in [1.29, 1.82) is 0 Å². The van der Waals surface area contributed by atoms with Crippen molar-refractivity contribution in [1.82, 2.24) is 4.98 Å². The summed E-state index contributed by atoms with van der Waals surface area (Å²) in [5, 5.41) is 11.8. The minimum Gasteiger partial charge on any atom is -0.409 e.